The average Bonchev–Trinajstić information content (AvgIpc) is 2.61. The molecule has 0 radical (unpaired) electrons. The predicted octanol–water partition coefficient (Wildman–Crippen LogP) is 3.42. The maximum atomic E-state index is 14.7. The molecular weight excluding hydrogens is 551 g/mol. The van der Waals surface area contributed by atoms with Crippen LogP contribution in [0.15, 0.2) is 33.2 Å². The third-order valence-electron chi connectivity index (χ3n) is 3.62. The van der Waals surface area contributed by atoms with E-state index < -0.39 is 34.3 Å². The number of hydrogen-bond acceptors (Lipinski definition) is 5. The summed E-state index contributed by atoms with van der Waals surface area (Å²) in [5, 5.41) is 10.9. The Balaban J connectivity index is 2.24. The number of carboxylic acid groups (broad SMARTS) is 1. The van der Waals surface area contributed by atoms with Gasteiger partial charge in [-0.05, 0) is 68.6 Å². The van der Waals surface area contributed by atoms with Crippen LogP contribution < -0.4 is 14.8 Å². The molecule has 1 amide bonds. The second-order valence-electron chi connectivity index (χ2n) is 6.29. The molecule has 0 aliphatic heterocycles. The van der Waals surface area contributed by atoms with Gasteiger partial charge in [0.25, 0.3) is 5.91 Å². The molecule has 162 valence electrons. The highest BCUT2D eigenvalue weighted by molar-refractivity contribution is 9.11. The van der Waals surface area contributed by atoms with E-state index in [0.717, 1.165) is 6.26 Å². The van der Waals surface area contributed by atoms with Crippen LogP contribution in [0.1, 0.15) is 21.5 Å². The fraction of sp³-hybridized carbons (Fsp3) is 0.222. The SMILES string of the molecule is Cc1cc(COc2c(Br)cc(C(=O)NCC(=O)O)cc2Br)c(F)c(NS(C)(=O)=O)c1. The molecule has 3 N–H and O–H groups in total. The van der Waals surface area contributed by atoms with E-state index >= 15 is 0 Å². The molecule has 2 aromatic rings. The minimum absolute atomic E-state index is 0.128. The lowest BCUT2D eigenvalue weighted by Gasteiger charge is -2.15. The maximum absolute atomic E-state index is 14.7. The Kier molecular flexibility index (Phi) is 7.83. The molecule has 30 heavy (non-hydrogen) atoms. The van der Waals surface area contributed by atoms with Crippen LogP contribution in [-0.2, 0) is 21.4 Å². The Morgan fingerprint density at radius 1 is 1.17 bits per heavy atom. The zero-order valence-corrected chi connectivity index (χ0v) is 19.7. The summed E-state index contributed by atoms with van der Waals surface area (Å²) < 4.78 is 46.1. The van der Waals surface area contributed by atoms with E-state index in [2.05, 4.69) is 41.9 Å². The molecule has 0 heterocycles. The molecule has 0 aromatic heterocycles. The Morgan fingerprint density at radius 2 is 1.77 bits per heavy atom. The van der Waals surface area contributed by atoms with E-state index in [0.29, 0.717) is 14.5 Å². The number of halogens is 3. The normalized spacial score (nSPS) is 11.1. The fourth-order valence-electron chi connectivity index (χ4n) is 2.46. The molecule has 0 atom stereocenters. The second kappa shape index (κ2) is 9.75. The second-order valence-corrected chi connectivity index (χ2v) is 9.75. The van der Waals surface area contributed by atoms with Crippen molar-refractivity contribution in [2.24, 2.45) is 0 Å². The van der Waals surface area contributed by atoms with Crippen molar-refractivity contribution in [2.45, 2.75) is 13.5 Å². The summed E-state index contributed by atoms with van der Waals surface area (Å²) in [7, 11) is -3.66. The summed E-state index contributed by atoms with van der Waals surface area (Å²) in [5.41, 5.74) is 0.761. The highest BCUT2D eigenvalue weighted by Crippen LogP contribution is 2.36. The van der Waals surface area contributed by atoms with Crippen molar-refractivity contribution in [3.05, 3.63) is 55.7 Å². The monoisotopic (exact) mass is 566 g/mol. The molecule has 0 aliphatic carbocycles. The van der Waals surface area contributed by atoms with Crippen molar-refractivity contribution in [3.63, 3.8) is 0 Å². The highest BCUT2D eigenvalue weighted by Gasteiger charge is 2.17. The topological polar surface area (TPSA) is 122 Å². The number of aryl methyl sites for hydroxylation is 1. The number of carbonyl (C=O) groups is 2. The fourth-order valence-corrected chi connectivity index (χ4v) is 4.42. The van der Waals surface area contributed by atoms with Crippen LogP contribution in [0.25, 0.3) is 0 Å². The summed E-state index contributed by atoms with van der Waals surface area (Å²) in [6.07, 6.45) is 0.924. The lowest BCUT2D eigenvalue weighted by Crippen LogP contribution is -2.29. The zero-order valence-electron chi connectivity index (χ0n) is 15.8. The van der Waals surface area contributed by atoms with Crippen molar-refractivity contribution in [1.29, 1.82) is 0 Å². The van der Waals surface area contributed by atoms with Gasteiger partial charge in [0.15, 0.2) is 5.82 Å². The van der Waals surface area contributed by atoms with Crippen LogP contribution in [0.4, 0.5) is 10.1 Å². The van der Waals surface area contributed by atoms with Crippen molar-refractivity contribution in [3.8, 4) is 5.75 Å². The van der Waals surface area contributed by atoms with E-state index in [1.807, 2.05) is 0 Å². The molecule has 2 aromatic carbocycles. The molecule has 0 bridgehead atoms. The Bertz CT molecular complexity index is 1090. The van der Waals surface area contributed by atoms with Gasteiger partial charge in [-0.2, -0.15) is 0 Å². The summed E-state index contributed by atoms with van der Waals surface area (Å²) >= 11 is 6.54. The Labute approximate surface area is 189 Å². The highest BCUT2D eigenvalue weighted by atomic mass is 79.9. The van der Waals surface area contributed by atoms with Gasteiger partial charge >= 0.3 is 5.97 Å². The van der Waals surface area contributed by atoms with Crippen molar-refractivity contribution < 1.29 is 32.2 Å². The molecule has 0 fully saturated rings. The Hall–Kier alpha value is -2.18. The number of carboxylic acids is 1. The first-order valence-corrected chi connectivity index (χ1v) is 11.7. The standard InChI is InChI=1S/C18H17Br2FN2O6S/c1-9-3-11(16(21)14(4-9)23-30(2,27)28)8-29-17-12(19)5-10(6-13(17)20)18(26)22-7-15(24)25/h3-6,23H,7-8H2,1-2H3,(H,22,26)(H,24,25). The molecule has 2 rings (SSSR count). The van der Waals surface area contributed by atoms with Gasteiger partial charge in [0.1, 0.15) is 18.9 Å². The predicted molar refractivity (Wildman–Crippen MR) is 116 cm³/mol. The first-order chi connectivity index (χ1) is 13.9. The molecule has 12 heteroatoms. The third kappa shape index (κ3) is 6.67. The molecule has 0 saturated carbocycles. The van der Waals surface area contributed by atoms with Gasteiger partial charge in [0, 0.05) is 11.1 Å². The number of amides is 1. The number of carbonyl (C=O) groups excluding carboxylic acids is 1. The molecular formula is C18H17Br2FN2O6S. The minimum atomic E-state index is -3.66. The smallest absolute Gasteiger partial charge is 0.322 e. The summed E-state index contributed by atoms with van der Waals surface area (Å²) in [5.74, 6) is -2.25. The van der Waals surface area contributed by atoms with Gasteiger partial charge in [0.05, 0.1) is 20.9 Å². The first-order valence-electron chi connectivity index (χ1n) is 8.26. The third-order valence-corrected chi connectivity index (χ3v) is 5.39. The lowest BCUT2D eigenvalue weighted by molar-refractivity contribution is -0.135. The number of hydrogen-bond donors (Lipinski definition) is 3. The first kappa shape index (κ1) is 24.1. The molecule has 0 saturated heterocycles. The van der Waals surface area contributed by atoms with E-state index in [4.69, 9.17) is 9.84 Å². The average molecular weight is 568 g/mol. The van der Waals surface area contributed by atoms with Gasteiger partial charge in [-0.3, -0.25) is 14.3 Å². The Morgan fingerprint density at radius 3 is 2.30 bits per heavy atom. The van der Waals surface area contributed by atoms with E-state index in [9.17, 15) is 22.4 Å². The van der Waals surface area contributed by atoms with Gasteiger partial charge in [-0.1, -0.05) is 0 Å². The van der Waals surface area contributed by atoms with Crippen molar-refractivity contribution in [2.75, 3.05) is 17.5 Å². The summed E-state index contributed by atoms with van der Waals surface area (Å²) in [6.45, 7) is 0.948. The largest absolute Gasteiger partial charge is 0.486 e. The van der Waals surface area contributed by atoms with E-state index in [-0.39, 0.29) is 29.2 Å². The molecule has 0 spiro atoms. The maximum Gasteiger partial charge on any atom is 0.322 e. The van der Waals surface area contributed by atoms with Crippen LogP contribution in [0.5, 0.6) is 5.75 Å². The molecule has 0 aliphatic rings. The molecule has 0 unspecified atom stereocenters. The van der Waals surface area contributed by atoms with Crippen LogP contribution in [0.3, 0.4) is 0 Å². The van der Waals surface area contributed by atoms with Crippen LogP contribution in [-0.4, -0.2) is 38.2 Å². The number of nitrogens with one attached hydrogen (secondary N) is 2. The van der Waals surface area contributed by atoms with E-state index in [1.165, 1.54) is 24.3 Å². The quantitative estimate of drug-likeness (QED) is 0.449. The summed E-state index contributed by atoms with van der Waals surface area (Å²) in [4.78, 5) is 22.6. The number of aliphatic carboxylic acids is 1. The van der Waals surface area contributed by atoms with Crippen LogP contribution in [0.2, 0.25) is 0 Å². The zero-order chi connectivity index (χ0) is 22.6. The van der Waals surface area contributed by atoms with Gasteiger partial charge in [-0.25, -0.2) is 12.8 Å². The van der Waals surface area contributed by atoms with Crippen LogP contribution in [0, 0.1) is 12.7 Å². The minimum Gasteiger partial charge on any atom is -0.486 e. The van der Waals surface area contributed by atoms with Crippen molar-refractivity contribution >= 4 is 59.4 Å². The molecule has 8 nitrogen and oxygen atoms in total. The number of ether oxygens (including phenoxy) is 1. The van der Waals surface area contributed by atoms with Gasteiger partial charge in [-0.15, -0.1) is 0 Å². The van der Waals surface area contributed by atoms with E-state index in [1.54, 1.807) is 6.92 Å². The number of anilines is 1. The van der Waals surface area contributed by atoms with Gasteiger partial charge < -0.3 is 15.2 Å². The van der Waals surface area contributed by atoms with Gasteiger partial charge in [0.2, 0.25) is 10.0 Å². The number of sulfonamides is 1. The van der Waals surface area contributed by atoms with Crippen molar-refractivity contribution in [1.82, 2.24) is 5.32 Å². The lowest BCUT2D eigenvalue weighted by atomic mass is 10.1. The number of rotatable bonds is 8. The van der Waals surface area contributed by atoms with Crippen LogP contribution >= 0.6 is 31.9 Å². The number of benzene rings is 2. The summed E-state index contributed by atoms with van der Waals surface area (Å²) in [6, 6.07) is 5.76.